The highest BCUT2D eigenvalue weighted by atomic mass is 35.5. The maximum Gasteiger partial charge on any atom is 0.243 e. The Morgan fingerprint density at radius 2 is 1.90 bits per heavy atom. The van der Waals surface area contributed by atoms with Gasteiger partial charge >= 0.3 is 0 Å². The predicted molar refractivity (Wildman–Crippen MR) is 111 cm³/mol. The van der Waals surface area contributed by atoms with Gasteiger partial charge in [0.25, 0.3) is 0 Å². The van der Waals surface area contributed by atoms with Gasteiger partial charge in [-0.05, 0) is 61.6 Å². The van der Waals surface area contributed by atoms with Crippen LogP contribution in [0.3, 0.4) is 0 Å². The third kappa shape index (κ3) is 5.56. The molecule has 1 atom stereocenters. The Bertz CT molecular complexity index is 951. The highest BCUT2D eigenvalue weighted by Crippen LogP contribution is 2.24. The minimum absolute atomic E-state index is 0.0414. The van der Waals surface area contributed by atoms with Gasteiger partial charge in [0.2, 0.25) is 15.9 Å². The molecule has 0 radical (unpaired) electrons. The maximum absolute atomic E-state index is 13.1. The number of benzene rings is 2. The van der Waals surface area contributed by atoms with Crippen molar-refractivity contribution >= 4 is 27.5 Å². The number of sulfonamides is 1. The quantitative estimate of drug-likeness (QED) is 0.671. The lowest BCUT2D eigenvalue weighted by molar-refractivity contribution is -0.126. The third-order valence-electron chi connectivity index (χ3n) is 5.09. The van der Waals surface area contributed by atoms with E-state index in [4.69, 9.17) is 11.6 Å². The van der Waals surface area contributed by atoms with Crippen LogP contribution < -0.4 is 5.32 Å². The van der Waals surface area contributed by atoms with Gasteiger partial charge in [-0.25, -0.2) is 12.8 Å². The molecule has 2 aromatic rings. The molecular formula is C21H24ClFN2O3S. The molecule has 1 aliphatic heterocycles. The van der Waals surface area contributed by atoms with Crippen LogP contribution in [0.5, 0.6) is 0 Å². The normalized spacial score (nSPS) is 17.8. The molecule has 2 aromatic carbocycles. The fourth-order valence-corrected chi connectivity index (χ4v) is 5.22. The van der Waals surface area contributed by atoms with Gasteiger partial charge < -0.3 is 5.32 Å². The Morgan fingerprint density at radius 1 is 1.17 bits per heavy atom. The van der Waals surface area contributed by atoms with Crippen LogP contribution >= 0.6 is 11.6 Å². The number of halogens is 2. The van der Waals surface area contributed by atoms with Gasteiger partial charge in [-0.1, -0.05) is 29.8 Å². The van der Waals surface area contributed by atoms with E-state index in [-0.39, 0.29) is 23.3 Å². The van der Waals surface area contributed by atoms with Crippen molar-refractivity contribution in [1.82, 2.24) is 9.62 Å². The van der Waals surface area contributed by atoms with Crippen LogP contribution in [0.15, 0.2) is 53.4 Å². The molecule has 1 aliphatic rings. The molecule has 1 fully saturated rings. The van der Waals surface area contributed by atoms with Gasteiger partial charge in [0, 0.05) is 24.7 Å². The first kappa shape index (κ1) is 21.7. The lowest BCUT2D eigenvalue weighted by Crippen LogP contribution is -2.45. The molecule has 0 aromatic heterocycles. The number of carbonyl (C=O) groups is 1. The van der Waals surface area contributed by atoms with Crippen molar-refractivity contribution in [2.24, 2.45) is 5.92 Å². The molecular weight excluding hydrogens is 415 g/mol. The van der Waals surface area contributed by atoms with Crippen molar-refractivity contribution in [3.05, 3.63) is 64.9 Å². The lowest BCUT2D eigenvalue weighted by Gasteiger charge is -2.31. The molecule has 1 unspecified atom stereocenters. The zero-order valence-corrected chi connectivity index (χ0v) is 17.6. The van der Waals surface area contributed by atoms with Crippen molar-refractivity contribution in [1.29, 1.82) is 0 Å². The van der Waals surface area contributed by atoms with Crippen LogP contribution in [0, 0.1) is 11.7 Å². The molecule has 0 saturated carbocycles. The van der Waals surface area contributed by atoms with Crippen LogP contribution in [0.1, 0.15) is 24.8 Å². The summed E-state index contributed by atoms with van der Waals surface area (Å²) < 4.78 is 40.0. The minimum atomic E-state index is -3.74. The van der Waals surface area contributed by atoms with Gasteiger partial charge in [0.05, 0.1) is 10.8 Å². The van der Waals surface area contributed by atoms with E-state index in [1.165, 1.54) is 16.4 Å². The highest BCUT2D eigenvalue weighted by Gasteiger charge is 2.33. The number of nitrogens with zero attached hydrogens (tertiary/aromatic N) is 1. The Morgan fingerprint density at radius 3 is 2.62 bits per heavy atom. The summed E-state index contributed by atoms with van der Waals surface area (Å²) in [6, 6.07) is 12.4. The van der Waals surface area contributed by atoms with E-state index >= 15 is 0 Å². The molecule has 3 rings (SSSR count). The van der Waals surface area contributed by atoms with E-state index in [1.807, 2.05) is 24.3 Å². The first-order valence-corrected chi connectivity index (χ1v) is 11.5. The molecule has 1 heterocycles. The molecule has 1 amide bonds. The van der Waals surface area contributed by atoms with Crippen molar-refractivity contribution in [3.63, 3.8) is 0 Å². The molecule has 156 valence electrons. The fraction of sp³-hybridized carbons (Fsp3) is 0.381. The van der Waals surface area contributed by atoms with E-state index in [0.717, 1.165) is 30.5 Å². The average Bonchev–Trinajstić information content (AvgIpc) is 2.72. The topological polar surface area (TPSA) is 66.5 Å². The van der Waals surface area contributed by atoms with Gasteiger partial charge in [-0.2, -0.15) is 4.31 Å². The number of nitrogens with one attached hydrogen (secondary N) is 1. The molecule has 1 N–H and O–H groups in total. The third-order valence-corrected chi connectivity index (χ3v) is 7.33. The van der Waals surface area contributed by atoms with Crippen molar-refractivity contribution in [2.75, 3.05) is 19.6 Å². The molecule has 0 spiro atoms. The lowest BCUT2D eigenvalue weighted by atomic mass is 9.99. The van der Waals surface area contributed by atoms with Crippen LogP contribution in [-0.2, 0) is 21.2 Å². The number of piperidine rings is 1. The fourth-order valence-electron chi connectivity index (χ4n) is 3.47. The number of carbonyl (C=O) groups excluding carboxylic acids is 1. The maximum atomic E-state index is 13.1. The molecule has 0 aliphatic carbocycles. The number of rotatable bonds is 7. The zero-order valence-electron chi connectivity index (χ0n) is 16.0. The van der Waals surface area contributed by atoms with Crippen LogP contribution in [0.25, 0.3) is 0 Å². The number of aryl methyl sites for hydroxylation is 1. The van der Waals surface area contributed by atoms with E-state index in [0.29, 0.717) is 31.0 Å². The summed E-state index contributed by atoms with van der Waals surface area (Å²) >= 11 is 6.13. The summed E-state index contributed by atoms with van der Waals surface area (Å²) in [5, 5.41) is 3.62. The predicted octanol–water partition coefficient (Wildman–Crippen LogP) is 3.63. The smallest absolute Gasteiger partial charge is 0.243 e. The summed E-state index contributed by atoms with van der Waals surface area (Å²) in [5.74, 6) is -1.01. The molecule has 5 nitrogen and oxygen atoms in total. The van der Waals surface area contributed by atoms with Crippen LogP contribution in [-0.4, -0.2) is 38.3 Å². The SMILES string of the molecule is O=C(NCCCc1ccccc1Cl)C1CCCN(S(=O)(=O)c2ccc(F)cc2)C1. The molecule has 0 bridgehead atoms. The first-order valence-electron chi connectivity index (χ1n) is 9.65. The molecule has 8 heteroatoms. The number of hydrogen-bond acceptors (Lipinski definition) is 3. The first-order chi connectivity index (χ1) is 13.9. The Kier molecular flexibility index (Phi) is 7.27. The van der Waals surface area contributed by atoms with Gasteiger partial charge in [0.15, 0.2) is 0 Å². The van der Waals surface area contributed by atoms with E-state index in [1.54, 1.807) is 0 Å². The zero-order chi connectivity index (χ0) is 20.9. The van der Waals surface area contributed by atoms with E-state index < -0.39 is 15.8 Å². The largest absolute Gasteiger partial charge is 0.356 e. The number of amides is 1. The minimum Gasteiger partial charge on any atom is -0.356 e. The van der Waals surface area contributed by atoms with Crippen LogP contribution in [0.2, 0.25) is 5.02 Å². The van der Waals surface area contributed by atoms with Gasteiger partial charge in [0.1, 0.15) is 5.82 Å². The van der Waals surface area contributed by atoms with Crippen molar-refractivity contribution < 1.29 is 17.6 Å². The second kappa shape index (κ2) is 9.69. The Labute approximate surface area is 175 Å². The van der Waals surface area contributed by atoms with Gasteiger partial charge in [-0.3, -0.25) is 4.79 Å². The van der Waals surface area contributed by atoms with E-state index in [9.17, 15) is 17.6 Å². The monoisotopic (exact) mass is 438 g/mol. The molecule has 29 heavy (non-hydrogen) atoms. The average molecular weight is 439 g/mol. The molecule has 1 saturated heterocycles. The second-order valence-corrected chi connectivity index (χ2v) is 9.49. The Balaban J connectivity index is 1.52. The van der Waals surface area contributed by atoms with Gasteiger partial charge in [-0.15, -0.1) is 0 Å². The van der Waals surface area contributed by atoms with Crippen LogP contribution in [0.4, 0.5) is 4.39 Å². The summed E-state index contributed by atoms with van der Waals surface area (Å²) in [4.78, 5) is 12.6. The van der Waals surface area contributed by atoms with E-state index in [2.05, 4.69) is 5.32 Å². The Hall–Kier alpha value is -1.96. The highest BCUT2D eigenvalue weighted by molar-refractivity contribution is 7.89. The summed E-state index contributed by atoms with van der Waals surface area (Å²) in [5.41, 5.74) is 1.04. The van der Waals surface area contributed by atoms with Crippen molar-refractivity contribution in [3.8, 4) is 0 Å². The second-order valence-electron chi connectivity index (χ2n) is 7.14. The summed E-state index contributed by atoms with van der Waals surface area (Å²) in [7, 11) is -3.74. The standard InChI is InChI=1S/C21H24ClFN2O3S/c22-20-8-2-1-5-16(20)6-3-13-24-21(26)17-7-4-14-25(15-17)29(27,28)19-11-9-18(23)10-12-19/h1-2,5,8-12,17H,3-4,6-7,13-15H2,(H,24,26). The number of hydrogen-bond donors (Lipinski definition) is 1. The van der Waals surface area contributed by atoms with Crippen molar-refractivity contribution in [2.45, 2.75) is 30.6 Å². The summed E-state index contributed by atoms with van der Waals surface area (Å²) in [6.07, 6.45) is 2.76. The summed E-state index contributed by atoms with van der Waals surface area (Å²) in [6.45, 7) is 0.997.